The van der Waals surface area contributed by atoms with Crippen LogP contribution in [0.4, 0.5) is 5.13 Å². The third kappa shape index (κ3) is 1.10. The molecule has 3 heteroatoms. The molecule has 3 rings (SSSR count). The van der Waals surface area contributed by atoms with Crippen LogP contribution in [0.2, 0.25) is 0 Å². The largest absolute Gasteiger partial charge is 0.338 e. The Kier molecular flexibility index (Phi) is 1.65. The SMILES string of the molecule is C1=CC2CCC(C1)N2c1nccs1. The molecule has 0 saturated carbocycles. The molecule has 3 heterocycles. The zero-order chi connectivity index (χ0) is 8.67. The van der Waals surface area contributed by atoms with Crippen molar-refractivity contribution in [3.63, 3.8) is 0 Å². The number of fused-ring (bicyclic) bond motifs is 2. The van der Waals surface area contributed by atoms with Crippen molar-refractivity contribution in [3.05, 3.63) is 23.7 Å². The van der Waals surface area contributed by atoms with Gasteiger partial charge in [0.2, 0.25) is 0 Å². The van der Waals surface area contributed by atoms with E-state index in [2.05, 4.69) is 27.4 Å². The summed E-state index contributed by atoms with van der Waals surface area (Å²) in [6, 6.07) is 1.35. The van der Waals surface area contributed by atoms with Crippen molar-refractivity contribution in [3.8, 4) is 0 Å². The highest BCUT2D eigenvalue weighted by molar-refractivity contribution is 7.13. The summed E-state index contributed by atoms with van der Waals surface area (Å²) in [7, 11) is 0. The molecular formula is C10H12N2S. The Morgan fingerprint density at radius 2 is 2.46 bits per heavy atom. The fraction of sp³-hybridized carbons (Fsp3) is 0.500. The maximum atomic E-state index is 4.39. The van der Waals surface area contributed by atoms with Crippen molar-refractivity contribution < 1.29 is 0 Å². The maximum absolute atomic E-state index is 4.39. The Hall–Kier alpha value is -0.830. The van der Waals surface area contributed by atoms with E-state index in [1.807, 2.05) is 6.20 Å². The van der Waals surface area contributed by atoms with Gasteiger partial charge in [0, 0.05) is 23.7 Å². The van der Waals surface area contributed by atoms with Crippen LogP contribution in [0.5, 0.6) is 0 Å². The normalized spacial score (nSPS) is 31.2. The predicted molar refractivity (Wildman–Crippen MR) is 55.2 cm³/mol. The van der Waals surface area contributed by atoms with Gasteiger partial charge in [-0.25, -0.2) is 4.98 Å². The van der Waals surface area contributed by atoms with Crippen LogP contribution in [0.3, 0.4) is 0 Å². The summed E-state index contributed by atoms with van der Waals surface area (Å²) in [5.74, 6) is 0. The molecule has 0 aliphatic carbocycles. The first-order valence-corrected chi connectivity index (χ1v) is 5.67. The highest BCUT2D eigenvalue weighted by Crippen LogP contribution is 2.36. The average molecular weight is 192 g/mol. The molecule has 2 aliphatic heterocycles. The van der Waals surface area contributed by atoms with E-state index in [4.69, 9.17) is 0 Å². The van der Waals surface area contributed by atoms with Crippen LogP contribution >= 0.6 is 11.3 Å². The summed E-state index contributed by atoms with van der Waals surface area (Å²) >= 11 is 1.76. The van der Waals surface area contributed by atoms with Crippen molar-refractivity contribution >= 4 is 16.5 Å². The van der Waals surface area contributed by atoms with Gasteiger partial charge >= 0.3 is 0 Å². The quantitative estimate of drug-likeness (QED) is 0.635. The van der Waals surface area contributed by atoms with Crippen LogP contribution in [-0.4, -0.2) is 17.1 Å². The topological polar surface area (TPSA) is 16.1 Å². The number of nitrogens with zero attached hydrogens (tertiary/aromatic N) is 2. The fourth-order valence-electron chi connectivity index (χ4n) is 2.37. The Morgan fingerprint density at radius 3 is 3.23 bits per heavy atom. The molecule has 0 N–H and O–H groups in total. The maximum Gasteiger partial charge on any atom is 0.185 e. The van der Waals surface area contributed by atoms with Gasteiger partial charge < -0.3 is 4.90 Å². The molecule has 68 valence electrons. The average Bonchev–Trinajstić information content (AvgIpc) is 2.72. The lowest BCUT2D eigenvalue weighted by Crippen LogP contribution is -2.37. The first-order valence-electron chi connectivity index (χ1n) is 4.79. The van der Waals surface area contributed by atoms with E-state index in [1.54, 1.807) is 11.3 Å². The molecule has 2 bridgehead atoms. The minimum Gasteiger partial charge on any atom is -0.338 e. The second kappa shape index (κ2) is 2.84. The van der Waals surface area contributed by atoms with Crippen molar-refractivity contribution in [1.29, 1.82) is 0 Å². The molecule has 2 nitrogen and oxygen atoms in total. The van der Waals surface area contributed by atoms with Gasteiger partial charge in [0.1, 0.15) is 0 Å². The zero-order valence-electron chi connectivity index (χ0n) is 7.39. The number of hydrogen-bond donors (Lipinski definition) is 0. The highest BCUT2D eigenvalue weighted by atomic mass is 32.1. The molecule has 0 amide bonds. The fourth-order valence-corrected chi connectivity index (χ4v) is 3.14. The monoisotopic (exact) mass is 192 g/mol. The number of anilines is 1. The van der Waals surface area contributed by atoms with E-state index in [0.29, 0.717) is 6.04 Å². The number of aromatic nitrogens is 1. The lowest BCUT2D eigenvalue weighted by atomic mass is 10.1. The van der Waals surface area contributed by atoms with Gasteiger partial charge in [0.25, 0.3) is 0 Å². The zero-order valence-corrected chi connectivity index (χ0v) is 8.20. The van der Waals surface area contributed by atoms with Crippen molar-refractivity contribution in [1.82, 2.24) is 4.98 Å². The first kappa shape index (κ1) is 7.56. The molecule has 2 unspecified atom stereocenters. The smallest absolute Gasteiger partial charge is 0.185 e. The minimum atomic E-state index is 0.630. The molecule has 1 fully saturated rings. The summed E-state index contributed by atoms with van der Waals surface area (Å²) in [4.78, 5) is 6.88. The predicted octanol–water partition coefficient (Wildman–Crippen LogP) is 2.44. The van der Waals surface area contributed by atoms with Crippen molar-refractivity contribution in [2.75, 3.05) is 4.90 Å². The van der Waals surface area contributed by atoms with Crippen LogP contribution in [0.25, 0.3) is 0 Å². The molecule has 2 atom stereocenters. The summed E-state index contributed by atoms with van der Waals surface area (Å²) in [6.07, 6.45) is 10.4. The van der Waals surface area contributed by atoms with Crippen LogP contribution in [0.1, 0.15) is 19.3 Å². The van der Waals surface area contributed by atoms with E-state index in [0.717, 1.165) is 6.04 Å². The van der Waals surface area contributed by atoms with Gasteiger partial charge in [-0.05, 0) is 19.3 Å². The van der Waals surface area contributed by atoms with Crippen LogP contribution in [0, 0.1) is 0 Å². The Labute approximate surface area is 81.9 Å². The van der Waals surface area contributed by atoms with Gasteiger partial charge in [-0.1, -0.05) is 12.2 Å². The second-order valence-corrected chi connectivity index (χ2v) is 4.56. The standard InChI is InChI=1S/C10H12N2S/c1-2-8-4-5-9(3-1)12(8)10-11-6-7-13-10/h1-2,6-9H,3-5H2. The summed E-state index contributed by atoms with van der Waals surface area (Å²) in [5.41, 5.74) is 0. The van der Waals surface area contributed by atoms with Crippen molar-refractivity contribution in [2.24, 2.45) is 0 Å². The third-order valence-corrected chi connectivity index (χ3v) is 3.74. The molecule has 0 spiro atoms. The Bertz CT molecular complexity index is 318. The van der Waals surface area contributed by atoms with E-state index in [-0.39, 0.29) is 0 Å². The molecule has 13 heavy (non-hydrogen) atoms. The summed E-state index contributed by atoms with van der Waals surface area (Å²) in [6.45, 7) is 0. The van der Waals surface area contributed by atoms with Gasteiger partial charge in [0.15, 0.2) is 5.13 Å². The van der Waals surface area contributed by atoms with E-state index >= 15 is 0 Å². The number of thiazole rings is 1. The van der Waals surface area contributed by atoms with Crippen LogP contribution in [0.15, 0.2) is 23.7 Å². The van der Waals surface area contributed by atoms with Gasteiger partial charge in [-0.15, -0.1) is 11.3 Å². The lowest BCUT2D eigenvalue weighted by molar-refractivity contribution is 0.647. The van der Waals surface area contributed by atoms with E-state index in [1.165, 1.54) is 24.4 Å². The highest BCUT2D eigenvalue weighted by Gasteiger charge is 2.34. The Morgan fingerprint density at radius 1 is 1.46 bits per heavy atom. The molecular weight excluding hydrogens is 180 g/mol. The van der Waals surface area contributed by atoms with Gasteiger partial charge in [-0.2, -0.15) is 0 Å². The van der Waals surface area contributed by atoms with Gasteiger partial charge in [0.05, 0.1) is 0 Å². The first-order chi connectivity index (χ1) is 6.45. The molecule has 2 aliphatic rings. The van der Waals surface area contributed by atoms with E-state index < -0.39 is 0 Å². The Balaban J connectivity index is 1.97. The van der Waals surface area contributed by atoms with Crippen LogP contribution < -0.4 is 4.90 Å². The number of hydrogen-bond acceptors (Lipinski definition) is 3. The molecule has 1 saturated heterocycles. The van der Waals surface area contributed by atoms with Crippen LogP contribution in [-0.2, 0) is 0 Å². The van der Waals surface area contributed by atoms with E-state index in [9.17, 15) is 0 Å². The lowest BCUT2D eigenvalue weighted by Gasteiger charge is -2.30. The summed E-state index contributed by atoms with van der Waals surface area (Å²) < 4.78 is 0. The third-order valence-electron chi connectivity index (χ3n) is 2.95. The second-order valence-electron chi connectivity index (χ2n) is 3.68. The molecule has 0 radical (unpaired) electrons. The minimum absolute atomic E-state index is 0.630. The van der Waals surface area contributed by atoms with Gasteiger partial charge in [-0.3, -0.25) is 0 Å². The molecule has 1 aromatic rings. The molecule has 1 aromatic heterocycles. The number of rotatable bonds is 1. The summed E-state index contributed by atoms with van der Waals surface area (Å²) in [5, 5.41) is 3.27. The van der Waals surface area contributed by atoms with Crippen molar-refractivity contribution in [2.45, 2.75) is 31.3 Å². The molecule has 0 aromatic carbocycles.